The molecule has 0 radical (unpaired) electrons. The fraction of sp³-hybridized carbons (Fsp3) is 0.200. The second-order valence-electron chi connectivity index (χ2n) is 3.93. The van der Waals surface area contributed by atoms with E-state index in [-0.39, 0.29) is 23.3 Å². The van der Waals surface area contributed by atoms with Gasteiger partial charge < -0.3 is 9.84 Å². The number of nitro groups is 1. The molecular formula is C10H8N6O4. The van der Waals surface area contributed by atoms with Gasteiger partial charge in [0, 0.05) is 13.0 Å². The van der Waals surface area contributed by atoms with Gasteiger partial charge in [-0.05, 0) is 16.4 Å². The van der Waals surface area contributed by atoms with Crippen LogP contribution in [0.4, 0.5) is 11.4 Å². The lowest BCUT2D eigenvalue weighted by molar-refractivity contribution is -0.383. The molecule has 1 N–H and O–H groups in total. The van der Waals surface area contributed by atoms with Gasteiger partial charge in [0.15, 0.2) is 11.3 Å². The van der Waals surface area contributed by atoms with E-state index in [1.165, 1.54) is 12.1 Å². The van der Waals surface area contributed by atoms with Gasteiger partial charge in [-0.3, -0.25) is 10.1 Å². The lowest BCUT2D eigenvalue weighted by Crippen LogP contribution is -2.02. The number of hydrogen-bond acceptors (Lipinski definition) is 9. The van der Waals surface area contributed by atoms with Crippen molar-refractivity contribution < 1.29 is 14.1 Å². The van der Waals surface area contributed by atoms with Gasteiger partial charge in [-0.2, -0.15) is 4.98 Å². The number of fused-ring (bicyclic) bond motifs is 1. The summed E-state index contributed by atoms with van der Waals surface area (Å²) in [6.45, 7) is 1.97. The van der Waals surface area contributed by atoms with Gasteiger partial charge >= 0.3 is 5.69 Å². The average molecular weight is 276 g/mol. The van der Waals surface area contributed by atoms with Crippen LogP contribution in [0.25, 0.3) is 11.0 Å². The van der Waals surface area contributed by atoms with Crippen molar-refractivity contribution in [1.29, 1.82) is 0 Å². The number of rotatable bonds is 4. The summed E-state index contributed by atoms with van der Waals surface area (Å²) in [5, 5.41) is 24.8. The van der Waals surface area contributed by atoms with Crippen molar-refractivity contribution in [3.8, 4) is 0 Å². The molecule has 10 nitrogen and oxygen atoms in total. The van der Waals surface area contributed by atoms with E-state index < -0.39 is 4.92 Å². The standard InChI is InChI=1S/C10H8N6O4/c1-5-12-8(13-19-5)4-11-6-2-3-7(16(17)18)10-9(6)14-20-15-10/h2-3,11H,4H2,1H3. The first-order chi connectivity index (χ1) is 9.65. The molecule has 0 atom stereocenters. The van der Waals surface area contributed by atoms with Gasteiger partial charge in [0.05, 0.1) is 17.2 Å². The Morgan fingerprint density at radius 2 is 2.10 bits per heavy atom. The summed E-state index contributed by atoms with van der Waals surface area (Å²) in [5.41, 5.74) is 0.736. The first-order valence-corrected chi connectivity index (χ1v) is 5.58. The van der Waals surface area contributed by atoms with E-state index in [0.717, 1.165) is 0 Å². The van der Waals surface area contributed by atoms with Crippen molar-refractivity contribution in [3.63, 3.8) is 0 Å². The zero-order chi connectivity index (χ0) is 14.1. The van der Waals surface area contributed by atoms with Crippen LogP contribution < -0.4 is 5.32 Å². The second-order valence-corrected chi connectivity index (χ2v) is 3.93. The number of non-ortho nitro benzene ring substituents is 1. The molecular weight excluding hydrogens is 268 g/mol. The Morgan fingerprint density at radius 3 is 2.80 bits per heavy atom. The zero-order valence-corrected chi connectivity index (χ0v) is 10.2. The molecule has 2 aromatic heterocycles. The highest BCUT2D eigenvalue weighted by atomic mass is 16.6. The van der Waals surface area contributed by atoms with E-state index >= 15 is 0 Å². The van der Waals surface area contributed by atoms with E-state index in [9.17, 15) is 10.1 Å². The Bertz CT molecular complexity index is 779. The van der Waals surface area contributed by atoms with Crippen LogP contribution in [0.1, 0.15) is 11.7 Å². The highest BCUT2D eigenvalue weighted by Gasteiger charge is 2.19. The first-order valence-electron chi connectivity index (χ1n) is 5.58. The molecule has 1 aromatic carbocycles. The number of anilines is 1. The number of aryl methyl sites for hydroxylation is 1. The number of benzene rings is 1. The fourth-order valence-electron chi connectivity index (χ4n) is 1.73. The van der Waals surface area contributed by atoms with Gasteiger partial charge in [0.25, 0.3) is 0 Å². The molecule has 2 heterocycles. The van der Waals surface area contributed by atoms with Crippen molar-refractivity contribution in [2.45, 2.75) is 13.5 Å². The van der Waals surface area contributed by atoms with Crippen molar-refractivity contribution in [2.75, 3.05) is 5.32 Å². The summed E-state index contributed by atoms with van der Waals surface area (Å²) in [7, 11) is 0. The highest BCUT2D eigenvalue weighted by molar-refractivity contribution is 5.93. The molecule has 0 saturated heterocycles. The van der Waals surface area contributed by atoms with Crippen LogP contribution >= 0.6 is 0 Å². The van der Waals surface area contributed by atoms with Gasteiger partial charge in [-0.15, -0.1) is 0 Å². The highest BCUT2D eigenvalue weighted by Crippen LogP contribution is 2.28. The van der Waals surface area contributed by atoms with Gasteiger partial charge in [-0.1, -0.05) is 5.16 Å². The maximum Gasteiger partial charge on any atom is 0.300 e. The Balaban J connectivity index is 1.90. The first kappa shape index (κ1) is 12.0. The predicted octanol–water partition coefficient (Wildman–Crippen LogP) is 1.43. The Kier molecular flexibility index (Phi) is 2.75. The van der Waals surface area contributed by atoms with Crippen LogP contribution in [0.15, 0.2) is 21.3 Å². The van der Waals surface area contributed by atoms with Crippen molar-refractivity contribution in [3.05, 3.63) is 34.0 Å². The summed E-state index contributed by atoms with van der Waals surface area (Å²) in [6.07, 6.45) is 0. The number of hydrogen-bond donors (Lipinski definition) is 1. The SMILES string of the molecule is Cc1nc(CNc2ccc([N+](=O)[O-])c3nonc23)no1. The maximum absolute atomic E-state index is 10.8. The zero-order valence-electron chi connectivity index (χ0n) is 10.2. The fourth-order valence-corrected chi connectivity index (χ4v) is 1.73. The van der Waals surface area contributed by atoms with E-state index in [1.807, 2.05) is 0 Å². The third-order valence-corrected chi connectivity index (χ3v) is 2.60. The van der Waals surface area contributed by atoms with E-state index in [2.05, 4.69) is 30.4 Å². The second kappa shape index (κ2) is 4.57. The maximum atomic E-state index is 10.8. The van der Waals surface area contributed by atoms with Gasteiger partial charge in [-0.25, -0.2) is 4.63 Å². The van der Waals surface area contributed by atoms with Crippen molar-refractivity contribution in [2.24, 2.45) is 0 Å². The molecule has 0 fully saturated rings. The van der Waals surface area contributed by atoms with Crippen LogP contribution in [0.2, 0.25) is 0 Å². The minimum absolute atomic E-state index is 0.0873. The number of nitro benzene ring substituents is 1. The number of aromatic nitrogens is 4. The van der Waals surface area contributed by atoms with Gasteiger partial charge in [0.2, 0.25) is 11.4 Å². The minimum Gasteiger partial charge on any atom is -0.376 e. The monoisotopic (exact) mass is 276 g/mol. The lowest BCUT2D eigenvalue weighted by atomic mass is 10.2. The Labute approximate surface area is 110 Å². The quantitative estimate of drug-likeness (QED) is 0.554. The van der Waals surface area contributed by atoms with Crippen LogP contribution in [0.3, 0.4) is 0 Å². The summed E-state index contributed by atoms with van der Waals surface area (Å²) < 4.78 is 9.40. The lowest BCUT2D eigenvalue weighted by Gasteiger charge is -2.02. The van der Waals surface area contributed by atoms with Crippen molar-refractivity contribution >= 4 is 22.4 Å². The Hall–Kier alpha value is -3.04. The summed E-state index contributed by atoms with van der Waals surface area (Å²) >= 11 is 0. The molecule has 10 heteroatoms. The third kappa shape index (κ3) is 2.02. The Morgan fingerprint density at radius 1 is 1.30 bits per heavy atom. The summed E-state index contributed by atoms with van der Waals surface area (Å²) in [5.74, 6) is 0.921. The van der Waals surface area contributed by atoms with Gasteiger partial charge in [0.1, 0.15) is 0 Å². The molecule has 0 aliphatic carbocycles. The number of nitrogens with one attached hydrogen (secondary N) is 1. The molecule has 0 bridgehead atoms. The topological polar surface area (TPSA) is 133 Å². The minimum atomic E-state index is -0.543. The third-order valence-electron chi connectivity index (χ3n) is 2.60. The molecule has 3 aromatic rings. The summed E-state index contributed by atoms with van der Waals surface area (Å²) in [6, 6.07) is 2.86. The van der Waals surface area contributed by atoms with Crippen LogP contribution in [-0.2, 0) is 6.54 Å². The summed E-state index contributed by atoms with van der Waals surface area (Å²) in [4.78, 5) is 14.3. The largest absolute Gasteiger partial charge is 0.376 e. The molecule has 0 aliphatic rings. The molecule has 0 aliphatic heterocycles. The normalized spacial score (nSPS) is 10.8. The smallest absolute Gasteiger partial charge is 0.300 e. The van der Waals surface area contributed by atoms with Crippen LogP contribution in [-0.4, -0.2) is 25.4 Å². The molecule has 0 saturated carbocycles. The van der Waals surface area contributed by atoms with E-state index in [4.69, 9.17) is 4.52 Å². The predicted molar refractivity (Wildman–Crippen MR) is 64.8 cm³/mol. The molecule has 0 spiro atoms. The molecule has 102 valence electrons. The van der Waals surface area contributed by atoms with E-state index in [0.29, 0.717) is 17.4 Å². The molecule has 0 amide bonds. The molecule has 3 rings (SSSR count). The van der Waals surface area contributed by atoms with Crippen LogP contribution in [0, 0.1) is 17.0 Å². The van der Waals surface area contributed by atoms with Crippen molar-refractivity contribution in [1.82, 2.24) is 20.5 Å². The van der Waals surface area contributed by atoms with Crippen LogP contribution in [0.5, 0.6) is 0 Å². The van der Waals surface area contributed by atoms with E-state index in [1.54, 1.807) is 6.92 Å². The number of nitrogens with zero attached hydrogens (tertiary/aromatic N) is 5. The molecule has 0 unspecified atom stereocenters. The average Bonchev–Trinajstić information content (AvgIpc) is 3.04. The molecule has 20 heavy (non-hydrogen) atoms.